The van der Waals surface area contributed by atoms with Gasteiger partial charge in [0.05, 0.1) is 12.0 Å². The van der Waals surface area contributed by atoms with Crippen LogP contribution < -0.4 is 0 Å². The molecule has 19 heavy (non-hydrogen) atoms. The quantitative estimate of drug-likeness (QED) is 0.883. The van der Waals surface area contributed by atoms with Crippen LogP contribution in [0.5, 0.6) is 0 Å². The molecule has 104 valence electrons. The lowest BCUT2D eigenvalue weighted by atomic mass is 9.95. The van der Waals surface area contributed by atoms with Crippen molar-refractivity contribution in [3.05, 3.63) is 46.0 Å². The summed E-state index contributed by atoms with van der Waals surface area (Å²) in [5.41, 5.74) is -0.402. The summed E-state index contributed by atoms with van der Waals surface area (Å²) in [5.74, 6) is -1.78. The van der Waals surface area contributed by atoms with Crippen LogP contribution in [0.25, 0.3) is 0 Å². The number of hydrogen-bond donors (Lipinski definition) is 1. The minimum absolute atomic E-state index is 0.133. The fraction of sp³-hybridized carbons (Fsp3) is 0.250. The lowest BCUT2D eigenvalue weighted by Gasteiger charge is -2.12. The van der Waals surface area contributed by atoms with Gasteiger partial charge in [0.1, 0.15) is 4.49 Å². The highest BCUT2D eigenvalue weighted by Gasteiger charge is 2.30. The second-order valence-electron chi connectivity index (χ2n) is 3.78. The van der Waals surface area contributed by atoms with Gasteiger partial charge in [0.15, 0.2) is 0 Å². The lowest BCUT2D eigenvalue weighted by Crippen LogP contribution is -2.07. The number of allylic oxidation sites excluding steroid dienone is 1. The maximum atomic E-state index is 12.4. The Kier molecular flexibility index (Phi) is 5.26. The van der Waals surface area contributed by atoms with Gasteiger partial charge in [-0.1, -0.05) is 35.3 Å². The highest BCUT2D eigenvalue weighted by Crippen LogP contribution is 2.31. The summed E-state index contributed by atoms with van der Waals surface area (Å²) in [5, 5.41) is 8.75. The van der Waals surface area contributed by atoms with Gasteiger partial charge in [-0.2, -0.15) is 13.2 Å². The van der Waals surface area contributed by atoms with Crippen LogP contribution in [0.3, 0.4) is 0 Å². The zero-order valence-corrected chi connectivity index (χ0v) is 10.9. The fourth-order valence-electron chi connectivity index (χ4n) is 1.53. The molecule has 0 amide bonds. The Balaban J connectivity index is 3.04. The highest BCUT2D eigenvalue weighted by atomic mass is 35.5. The summed E-state index contributed by atoms with van der Waals surface area (Å²) < 4.78 is 37.0. The molecule has 1 aromatic rings. The van der Waals surface area contributed by atoms with Crippen LogP contribution in [0.4, 0.5) is 13.2 Å². The van der Waals surface area contributed by atoms with Crippen molar-refractivity contribution in [2.45, 2.75) is 18.5 Å². The first-order chi connectivity index (χ1) is 8.70. The third kappa shape index (κ3) is 5.12. The largest absolute Gasteiger partial charge is 0.481 e. The van der Waals surface area contributed by atoms with Gasteiger partial charge in [0.25, 0.3) is 0 Å². The molecule has 1 aromatic carbocycles. The van der Waals surface area contributed by atoms with Gasteiger partial charge in [-0.3, -0.25) is 4.79 Å². The highest BCUT2D eigenvalue weighted by molar-refractivity contribution is 6.55. The maximum absolute atomic E-state index is 12.4. The van der Waals surface area contributed by atoms with Crippen molar-refractivity contribution in [3.8, 4) is 0 Å². The predicted molar refractivity (Wildman–Crippen MR) is 66.2 cm³/mol. The van der Waals surface area contributed by atoms with E-state index in [1.54, 1.807) is 0 Å². The molecular formula is C12H9Cl2F3O2. The van der Waals surface area contributed by atoms with E-state index in [4.69, 9.17) is 28.3 Å². The summed E-state index contributed by atoms with van der Waals surface area (Å²) in [6.07, 6.45) is -3.46. The second kappa shape index (κ2) is 6.30. The van der Waals surface area contributed by atoms with Crippen molar-refractivity contribution >= 4 is 29.2 Å². The number of hydrogen-bond acceptors (Lipinski definition) is 1. The van der Waals surface area contributed by atoms with Crippen LogP contribution in [0.2, 0.25) is 0 Å². The fourth-order valence-corrected chi connectivity index (χ4v) is 1.84. The van der Waals surface area contributed by atoms with Crippen LogP contribution in [-0.4, -0.2) is 11.1 Å². The lowest BCUT2D eigenvalue weighted by molar-refractivity contribution is -0.138. The average molecular weight is 313 g/mol. The van der Waals surface area contributed by atoms with Crippen LogP contribution in [0.1, 0.15) is 23.5 Å². The van der Waals surface area contributed by atoms with E-state index in [0.29, 0.717) is 5.56 Å². The van der Waals surface area contributed by atoms with E-state index in [0.717, 1.165) is 12.1 Å². The monoisotopic (exact) mass is 312 g/mol. The summed E-state index contributed by atoms with van der Waals surface area (Å²) >= 11 is 10.9. The molecule has 2 nitrogen and oxygen atoms in total. The first-order valence-corrected chi connectivity index (χ1v) is 5.87. The molecule has 0 spiro atoms. The molecule has 7 heteroatoms. The standard InChI is InChI=1S/C12H9Cl2F3O2/c13-10(14)5-8(6-11(18)19)7-1-3-9(4-2-7)12(15,16)17/h1-5,8H,6H2,(H,18,19). The predicted octanol–water partition coefficient (Wildman–Crippen LogP) is 4.58. The summed E-state index contributed by atoms with van der Waals surface area (Å²) in [6.45, 7) is 0. The maximum Gasteiger partial charge on any atom is 0.416 e. The van der Waals surface area contributed by atoms with Crippen LogP contribution in [-0.2, 0) is 11.0 Å². The molecule has 0 radical (unpaired) electrons. The molecule has 0 saturated heterocycles. The zero-order valence-electron chi connectivity index (χ0n) is 9.42. The molecule has 0 aliphatic carbocycles. The Morgan fingerprint density at radius 2 is 1.79 bits per heavy atom. The van der Waals surface area contributed by atoms with Gasteiger partial charge in [0, 0.05) is 5.92 Å². The number of carbonyl (C=O) groups is 1. The Bertz CT molecular complexity index is 477. The molecule has 0 aliphatic heterocycles. The molecule has 0 fully saturated rings. The molecule has 1 rings (SSSR count). The van der Waals surface area contributed by atoms with Crippen molar-refractivity contribution in [1.29, 1.82) is 0 Å². The van der Waals surface area contributed by atoms with E-state index < -0.39 is 23.6 Å². The van der Waals surface area contributed by atoms with Gasteiger partial charge < -0.3 is 5.11 Å². The molecule has 1 unspecified atom stereocenters. The minimum Gasteiger partial charge on any atom is -0.481 e. The van der Waals surface area contributed by atoms with E-state index in [9.17, 15) is 18.0 Å². The SMILES string of the molecule is O=C(O)CC(C=C(Cl)Cl)c1ccc(C(F)(F)F)cc1. The molecule has 0 saturated carbocycles. The van der Waals surface area contributed by atoms with Gasteiger partial charge >= 0.3 is 12.1 Å². The van der Waals surface area contributed by atoms with Crippen molar-refractivity contribution in [2.24, 2.45) is 0 Å². The van der Waals surface area contributed by atoms with E-state index in [1.807, 2.05) is 0 Å². The van der Waals surface area contributed by atoms with Gasteiger partial charge in [-0.05, 0) is 23.8 Å². The third-order valence-corrected chi connectivity index (χ3v) is 2.64. The average Bonchev–Trinajstić information content (AvgIpc) is 2.26. The summed E-state index contributed by atoms with van der Waals surface area (Å²) in [6, 6.07) is 4.20. The van der Waals surface area contributed by atoms with Gasteiger partial charge in [-0.25, -0.2) is 0 Å². The molecule has 0 aromatic heterocycles. The van der Waals surface area contributed by atoms with E-state index in [2.05, 4.69) is 0 Å². The van der Waals surface area contributed by atoms with Crippen molar-refractivity contribution < 1.29 is 23.1 Å². The van der Waals surface area contributed by atoms with E-state index in [-0.39, 0.29) is 10.9 Å². The summed E-state index contributed by atoms with van der Waals surface area (Å²) in [4.78, 5) is 10.7. The Morgan fingerprint density at radius 3 is 2.16 bits per heavy atom. The molecular weight excluding hydrogens is 304 g/mol. The van der Waals surface area contributed by atoms with Crippen molar-refractivity contribution in [2.75, 3.05) is 0 Å². The Morgan fingerprint density at radius 1 is 1.26 bits per heavy atom. The minimum atomic E-state index is -4.43. The second-order valence-corrected chi connectivity index (χ2v) is 4.79. The number of alkyl halides is 3. The first kappa shape index (κ1) is 15.9. The number of aliphatic carboxylic acids is 1. The number of carboxylic acids is 1. The molecule has 1 atom stereocenters. The van der Waals surface area contributed by atoms with Crippen LogP contribution in [0.15, 0.2) is 34.8 Å². The van der Waals surface area contributed by atoms with Gasteiger partial charge in [0.2, 0.25) is 0 Å². The number of carboxylic acid groups (broad SMARTS) is 1. The Hall–Kier alpha value is -1.20. The topological polar surface area (TPSA) is 37.3 Å². The van der Waals surface area contributed by atoms with Crippen molar-refractivity contribution in [1.82, 2.24) is 0 Å². The number of benzene rings is 1. The van der Waals surface area contributed by atoms with Gasteiger partial charge in [-0.15, -0.1) is 0 Å². The van der Waals surface area contributed by atoms with Crippen molar-refractivity contribution in [3.63, 3.8) is 0 Å². The smallest absolute Gasteiger partial charge is 0.416 e. The molecule has 0 bridgehead atoms. The van der Waals surface area contributed by atoms with E-state index in [1.165, 1.54) is 18.2 Å². The van der Waals surface area contributed by atoms with Crippen LogP contribution >= 0.6 is 23.2 Å². The zero-order chi connectivity index (χ0) is 14.6. The number of rotatable bonds is 4. The first-order valence-electron chi connectivity index (χ1n) is 5.12. The third-order valence-electron chi connectivity index (χ3n) is 2.39. The number of halogens is 5. The molecule has 1 N–H and O–H groups in total. The summed E-state index contributed by atoms with van der Waals surface area (Å²) in [7, 11) is 0. The van der Waals surface area contributed by atoms with Crippen LogP contribution in [0, 0.1) is 0 Å². The molecule has 0 aliphatic rings. The Labute approximate surface area is 117 Å². The molecule has 0 heterocycles. The normalized spacial score (nSPS) is 12.9. The van der Waals surface area contributed by atoms with E-state index >= 15 is 0 Å².